The van der Waals surface area contributed by atoms with Gasteiger partial charge in [-0.25, -0.2) is 13.2 Å². The molecule has 2 bridgehead atoms. The number of halogens is 3. The second-order valence-electron chi connectivity index (χ2n) is 9.52. The van der Waals surface area contributed by atoms with E-state index in [1.165, 1.54) is 29.9 Å². The molecule has 5 heteroatoms. The highest BCUT2D eigenvalue weighted by atomic mass is 19.3. The van der Waals surface area contributed by atoms with Gasteiger partial charge in [0.1, 0.15) is 5.82 Å². The Morgan fingerprint density at radius 3 is 2.42 bits per heavy atom. The Hall–Kier alpha value is -1.52. The van der Waals surface area contributed by atoms with Crippen molar-refractivity contribution < 1.29 is 18.0 Å². The van der Waals surface area contributed by atoms with Crippen LogP contribution in [0.25, 0.3) is 0 Å². The van der Waals surface area contributed by atoms with Crippen LogP contribution in [0.1, 0.15) is 37.7 Å². The van der Waals surface area contributed by atoms with E-state index in [-0.39, 0.29) is 17.1 Å². The number of rotatable bonds is 3. The Balaban J connectivity index is 1.36. The van der Waals surface area contributed by atoms with Gasteiger partial charge in [0.15, 0.2) is 0 Å². The lowest BCUT2D eigenvalue weighted by Crippen LogP contribution is -2.75. The van der Waals surface area contributed by atoms with E-state index in [1.807, 2.05) is 12.1 Å². The quantitative estimate of drug-likeness (QED) is 0.797. The first-order chi connectivity index (χ1) is 12.3. The lowest BCUT2D eigenvalue weighted by molar-refractivity contribution is -0.252. The molecule has 4 aliphatic carbocycles. The predicted molar refractivity (Wildman–Crippen MR) is 89.1 cm³/mol. The smallest absolute Gasteiger partial charge is 0.282 e. The highest BCUT2D eigenvalue weighted by Crippen LogP contribution is 2.87. The molecule has 6 rings (SSSR count). The summed E-state index contributed by atoms with van der Waals surface area (Å²) in [5.74, 6) is -0.656. The fourth-order valence-corrected chi connectivity index (χ4v) is 7.95. The summed E-state index contributed by atoms with van der Waals surface area (Å²) in [4.78, 5) is 14.1. The first-order valence-corrected chi connectivity index (χ1v) is 9.77. The van der Waals surface area contributed by atoms with Crippen LogP contribution < -0.4 is 0 Å². The standard InChI is InChI=1S/C21H22F3NO/c22-15-3-1-13(2-4-15)21(9-18(26)25-10-19(23,24)11-25)16-6-12-5-14-7-17(21)20(14,16)8-12/h1-4,12,14,16-17H,5-11H2. The molecule has 5 aliphatic rings. The van der Waals surface area contributed by atoms with Crippen LogP contribution in [-0.4, -0.2) is 29.8 Å². The van der Waals surface area contributed by atoms with E-state index in [0.29, 0.717) is 23.7 Å². The van der Waals surface area contributed by atoms with Gasteiger partial charge in [0.05, 0.1) is 13.1 Å². The average molecular weight is 361 g/mol. The van der Waals surface area contributed by atoms with E-state index in [2.05, 4.69) is 0 Å². The number of hydrogen-bond acceptors (Lipinski definition) is 1. The zero-order valence-corrected chi connectivity index (χ0v) is 14.6. The maximum Gasteiger partial charge on any atom is 0.282 e. The number of likely N-dealkylation sites (tertiary alicyclic amines) is 1. The Bertz CT molecular complexity index is 800. The van der Waals surface area contributed by atoms with Crippen LogP contribution in [0, 0.1) is 34.9 Å². The van der Waals surface area contributed by atoms with E-state index in [0.717, 1.165) is 30.2 Å². The molecule has 2 nitrogen and oxygen atoms in total. The third-order valence-corrected chi connectivity index (χ3v) is 8.67. The van der Waals surface area contributed by atoms with E-state index < -0.39 is 19.0 Å². The van der Waals surface area contributed by atoms with Crippen molar-refractivity contribution in [3.05, 3.63) is 35.6 Å². The molecule has 1 spiro atoms. The summed E-state index contributed by atoms with van der Waals surface area (Å²) in [6.45, 7) is -0.895. The predicted octanol–water partition coefficient (Wildman–Crippen LogP) is 4.00. The number of hydrogen-bond donors (Lipinski definition) is 0. The summed E-state index contributed by atoms with van der Waals surface area (Å²) >= 11 is 0. The van der Waals surface area contributed by atoms with Crippen LogP contribution in [0.4, 0.5) is 13.2 Å². The van der Waals surface area contributed by atoms with Crippen LogP contribution in [0.15, 0.2) is 24.3 Å². The Morgan fingerprint density at radius 1 is 1.08 bits per heavy atom. The number of amides is 1. The molecule has 6 atom stereocenters. The van der Waals surface area contributed by atoms with E-state index in [1.54, 1.807) is 0 Å². The van der Waals surface area contributed by atoms with E-state index in [4.69, 9.17) is 0 Å². The number of carbonyl (C=O) groups excluding carboxylic acids is 1. The topological polar surface area (TPSA) is 20.3 Å². The summed E-state index contributed by atoms with van der Waals surface area (Å²) in [6, 6.07) is 6.63. The molecule has 6 unspecified atom stereocenters. The van der Waals surface area contributed by atoms with Gasteiger partial charge in [-0.05, 0) is 72.5 Å². The SMILES string of the molecule is O=C(CC1(c2ccc(F)cc2)C2CC3CC4CC1C42C3)N1CC(F)(F)C1. The molecule has 138 valence electrons. The highest BCUT2D eigenvalue weighted by molar-refractivity contribution is 5.80. The first kappa shape index (κ1) is 15.5. The van der Waals surface area contributed by atoms with Crippen molar-refractivity contribution in [1.82, 2.24) is 4.90 Å². The highest BCUT2D eigenvalue weighted by Gasteiger charge is 2.83. The molecule has 1 saturated heterocycles. The molecule has 1 aromatic carbocycles. The van der Waals surface area contributed by atoms with Crippen molar-refractivity contribution in [2.45, 2.75) is 43.4 Å². The molecular weight excluding hydrogens is 339 g/mol. The normalized spacial score (nSPS) is 46.2. The minimum Gasteiger partial charge on any atom is -0.330 e. The second-order valence-corrected chi connectivity index (χ2v) is 9.52. The maximum atomic E-state index is 13.5. The van der Waals surface area contributed by atoms with Crippen LogP contribution in [0.5, 0.6) is 0 Å². The van der Waals surface area contributed by atoms with Gasteiger partial charge < -0.3 is 4.90 Å². The summed E-state index contributed by atoms with van der Waals surface area (Å²) in [5.41, 5.74) is 1.19. The van der Waals surface area contributed by atoms with Gasteiger partial charge in [0.2, 0.25) is 5.91 Å². The third kappa shape index (κ3) is 1.60. The molecule has 26 heavy (non-hydrogen) atoms. The minimum atomic E-state index is -2.73. The van der Waals surface area contributed by atoms with Crippen molar-refractivity contribution in [1.29, 1.82) is 0 Å². The molecule has 0 radical (unpaired) electrons. The van der Waals surface area contributed by atoms with E-state index in [9.17, 15) is 18.0 Å². The summed E-state index contributed by atoms with van der Waals surface area (Å²) < 4.78 is 40.0. The molecule has 1 aromatic rings. The lowest BCUT2D eigenvalue weighted by Gasteiger charge is -2.77. The first-order valence-electron chi connectivity index (χ1n) is 9.77. The van der Waals surface area contributed by atoms with Crippen LogP contribution in [-0.2, 0) is 10.2 Å². The number of carbonyl (C=O) groups is 1. The van der Waals surface area contributed by atoms with E-state index >= 15 is 0 Å². The van der Waals surface area contributed by atoms with Crippen molar-refractivity contribution >= 4 is 5.91 Å². The van der Waals surface area contributed by atoms with Crippen LogP contribution in [0.2, 0.25) is 0 Å². The molecule has 0 N–H and O–H groups in total. The molecular formula is C21H22F3NO. The van der Waals surface area contributed by atoms with Crippen LogP contribution in [0.3, 0.4) is 0 Å². The zero-order valence-electron chi connectivity index (χ0n) is 14.6. The van der Waals surface area contributed by atoms with Gasteiger partial charge in [-0.1, -0.05) is 12.1 Å². The van der Waals surface area contributed by atoms with Gasteiger partial charge in [-0.2, -0.15) is 0 Å². The van der Waals surface area contributed by atoms with Crippen molar-refractivity contribution in [2.75, 3.05) is 13.1 Å². The molecule has 4 saturated carbocycles. The molecule has 0 aromatic heterocycles. The third-order valence-electron chi connectivity index (χ3n) is 8.67. The Kier molecular flexibility index (Phi) is 2.67. The molecule has 1 amide bonds. The summed E-state index contributed by atoms with van der Waals surface area (Å²) in [6.07, 6.45) is 5.22. The van der Waals surface area contributed by atoms with Gasteiger partial charge >= 0.3 is 0 Å². The second kappa shape index (κ2) is 4.48. The summed E-state index contributed by atoms with van der Waals surface area (Å²) in [5, 5.41) is 0. The van der Waals surface area contributed by atoms with Crippen LogP contribution >= 0.6 is 0 Å². The molecule has 1 heterocycles. The van der Waals surface area contributed by atoms with Crippen molar-refractivity contribution in [3.63, 3.8) is 0 Å². The number of nitrogens with zero attached hydrogens (tertiary/aromatic N) is 1. The fraction of sp³-hybridized carbons (Fsp3) is 0.667. The number of fused-ring (bicyclic) bond motifs is 1. The lowest BCUT2D eigenvalue weighted by atomic mass is 9.26. The summed E-state index contributed by atoms with van der Waals surface area (Å²) in [7, 11) is 0. The van der Waals surface area contributed by atoms with Crippen molar-refractivity contribution in [2.24, 2.45) is 29.1 Å². The Morgan fingerprint density at radius 2 is 1.77 bits per heavy atom. The molecule has 5 fully saturated rings. The fourth-order valence-electron chi connectivity index (χ4n) is 7.95. The van der Waals surface area contributed by atoms with Gasteiger partial charge in [-0.15, -0.1) is 0 Å². The largest absolute Gasteiger partial charge is 0.330 e. The van der Waals surface area contributed by atoms with Gasteiger partial charge in [0.25, 0.3) is 5.92 Å². The molecule has 1 aliphatic heterocycles. The zero-order chi connectivity index (χ0) is 17.9. The monoisotopic (exact) mass is 361 g/mol. The minimum absolute atomic E-state index is 0.152. The van der Waals surface area contributed by atoms with Crippen molar-refractivity contribution in [3.8, 4) is 0 Å². The number of alkyl halides is 2. The Labute approximate surface area is 150 Å². The number of benzene rings is 1. The maximum absolute atomic E-state index is 13.5. The average Bonchev–Trinajstić information content (AvgIpc) is 3.08. The van der Waals surface area contributed by atoms with Gasteiger partial charge in [-0.3, -0.25) is 4.79 Å². The van der Waals surface area contributed by atoms with Gasteiger partial charge in [0, 0.05) is 11.8 Å².